The highest BCUT2D eigenvalue weighted by molar-refractivity contribution is 8.01. The van der Waals surface area contributed by atoms with E-state index in [-0.39, 0.29) is 5.97 Å². The van der Waals surface area contributed by atoms with Gasteiger partial charge in [-0.25, -0.2) is 0 Å². The molecule has 3 rings (SSSR count). The van der Waals surface area contributed by atoms with Crippen LogP contribution in [-0.4, -0.2) is 25.4 Å². The van der Waals surface area contributed by atoms with Crippen LogP contribution in [0.15, 0.2) is 34.5 Å². The van der Waals surface area contributed by atoms with E-state index in [0.29, 0.717) is 19.1 Å². The Hall–Kier alpha value is -1.50. The van der Waals surface area contributed by atoms with Gasteiger partial charge in [-0.05, 0) is 42.7 Å². The molecule has 1 aliphatic rings. The average Bonchev–Trinajstić information content (AvgIpc) is 3.03. The predicted octanol–water partition coefficient (Wildman–Crippen LogP) is 4.19. The standard InChI is InChI=1S/C19H23NO3S2/c1-3-23-18(21)11-15-10-16-17(8-9-24-19(16)25-15)20-12-13-4-6-14(22-2)7-5-13/h4-7,10,17,20H,3,8-9,11-12H2,1-2H3. The van der Waals surface area contributed by atoms with E-state index < -0.39 is 0 Å². The van der Waals surface area contributed by atoms with E-state index in [9.17, 15) is 4.79 Å². The number of hydrogen-bond acceptors (Lipinski definition) is 6. The lowest BCUT2D eigenvalue weighted by Gasteiger charge is -2.23. The van der Waals surface area contributed by atoms with Gasteiger partial charge in [0.1, 0.15) is 5.75 Å². The molecule has 1 aromatic carbocycles. The Morgan fingerprint density at radius 2 is 2.12 bits per heavy atom. The third-order valence-electron chi connectivity index (χ3n) is 4.13. The van der Waals surface area contributed by atoms with Crippen molar-refractivity contribution in [1.29, 1.82) is 0 Å². The van der Waals surface area contributed by atoms with E-state index in [1.807, 2.05) is 30.8 Å². The van der Waals surface area contributed by atoms with Gasteiger partial charge in [0.15, 0.2) is 0 Å². The number of carbonyl (C=O) groups excluding carboxylic acids is 1. The van der Waals surface area contributed by atoms with Crippen LogP contribution in [0.5, 0.6) is 5.75 Å². The number of benzene rings is 1. The maximum Gasteiger partial charge on any atom is 0.311 e. The fourth-order valence-electron chi connectivity index (χ4n) is 2.86. The lowest BCUT2D eigenvalue weighted by atomic mass is 10.1. The summed E-state index contributed by atoms with van der Waals surface area (Å²) in [5, 5.41) is 3.66. The van der Waals surface area contributed by atoms with Crippen molar-refractivity contribution in [1.82, 2.24) is 5.32 Å². The molecule has 0 aliphatic carbocycles. The molecule has 0 amide bonds. The molecule has 2 aromatic rings. The summed E-state index contributed by atoms with van der Waals surface area (Å²) in [5.74, 6) is 1.84. The molecule has 1 N–H and O–H groups in total. The summed E-state index contributed by atoms with van der Waals surface area (Å²) in [6, 6.07) is 10.7. The van der Waals surface area contributed by atoms with Gasteiger partial charge < -0.3 is 14.8 Å². The zero-order valence-electron chi connectivity index (χ0n) is 14.5. The molecule has 1 atom stereocenters. The van der Waals surface area contributed by atoms with Crippen molar-refractivity contribution < 1.29 is 14.3 Å². The summed E-state index contributed by atoms with van der Waals surface area (Å²) >= 11 is 3.62. The molecule has 0 bridgehead atoms. The number of thioether (sulfide) groups is 1. The molecule has 1 aromatic heterocycles. The lowest BCUT2D eigenvalue weighted by Crippen LogP contribution is -2.23. The number of esters is 1. The summed E-state index contributed by atoms with van der Waals surface area (Å²) in [6.45, 7) is 3.10. The molecule has 6 heteroatoms. The van der Waals surface area contributed by atoms with Crippen molar-refractivity contribution >= 4 is 29.1 Å². The highest BCUT2D eigenvalue weighted by Crippen LogP contribution is 2.42. The van der Waals surface area contributed by atoms with Gasteiger partial charge in [-0.1, -0.05) is 12.1 Å². The second kappa shape index (κ2) is 8.74. The number of ether oxygens (including phenoxy) is 2. The molecule has 0 saturated heterocycles. The van der Waals surface area contributed by atoms with Gasteiger partial charge in [0.2, 0.25) is 0 Å². The predicted molar refractivity (Wildman–Crippen MR) is 103 cm³/mol. The van der Waals surface area contributed by atoms with Crippen molar-refractivity contribution in [2.24, 2.45) is 0 Å². The number of methoxy groups -OCH3 is 1. The summed E-state index contributed by atoms with van der Waals surface area (Å²) in [6.07, 6.45) is 1.47. The third kappa shape index (κ3) is 4.77. The molecule has 1 aliphatic heterocycles. The van der Waals surface area contributed by atoms with Crippen molar-refractivity contribution in [2.75, 3.05) is 19.5 Å². The Morgan fingerprint density at radius 3 is 2.84 bits per heavy atom. The van der Waals surface area contributed by atoms with Gasteiger partial charge in [-0.3, -0.25) is 4.79 Å². The lowest BCUT2D eigenvalue weighted by molar-refractivity contribution is -0.142. The molecule has 0 fully saturated rings. The molecule has 0 radical (unpaired) electrons. The molecular weight excluding hydrogens is 354 g/mol. The van der Waals surface area contributed by atoms with Crippen LogP contribution in [-0.2, 0) is 22.5 Å². The van der Waals surface area contributed by atoms with Crippen molar-refractivity contribution in [2.45, 2.75) is 36.6 Å². The minimum atomic E-state index is -0.145. The van der Waals surface area contributed by atoms with E-state index in [2.05, 4.69) is 23.5 Å². The maximum atomic E-state index is 11.7. The molecule has 1 unspecified atom stereocenters. The largest absolute Gasteiger partial charge is 0.497 e. The van der Waals surface area contributed by atoms with Crippen LogP contribution in [0.2, 0.25) is 0 Å². The SMILES string of the molecule is CCOC(=O)Cc1cc2c(s1)SCCC2NCc1ccc(OC)cc1. The van der Waals surface area contributed by atoms with E-state index in [4.69, 9.17) is 9.47 Å². The minimum absolute atomic E-state index is 0.145. The van der Waals surface area contributed by atoms with E-state index >= 15 is 0 Å². The van der Waals surface area contributed by atoms with Crippen molar-refractivity contribution in [3.8, 4) is 5.75 Å². The maximum absolute atomic E-state index is 11.7. The number of fused-ring (bicyclic) bond motifs is 1. The summed E-state index contributed by atoms with van der Waals surface area (Å²) in [4.78, 5) is 12.8. The van der Waals surface area contributed by atoms with Crippen molar-refractivity contribution in [3.63, 3.8) is 0 Å². The first-order valence-corrected chi connectivity index (χ1v) is 10.3. The minimum Gasteiger partial charge on any atom is -0.497 e. The van der Waals surface area contributed by atoms with Crippen molar-refractivity contribution in [3.05, 3.63) is 46.3 Å². The van der Waals surface area contributed by atoms with Gasteiger partial charge in [0.05, 0.1) is 24.3 Å². The molecule has 2 heterocycles. The molecule has 4 nitrogen and oxygen atoms in total. The van der Waals surface area contributed by atoms with Crippen LogP contribution in [0.3, 0.4) is 0 Å². The smallest absolute Gasteiger partial charge is 0.311 e. The highest BCUT2D eigenvalue weighted by atomic mass is 32.2. The second-order valence-electron chi connectivity index (χ2n) is 5.86. The third-order valence-corrected chi connectivity index (χ3v) is 6.61. The van der Waals surface area contributed by atoms with Gasteiger partial charge in [-0.2, -0.15) is 0 Å². The number of hydrogen-bond donors (Lipinski definition) is 1. The normalized spacial score (nSPS) is 16.3. The Labute approximate surface area is 156 Å². The monoisotopic (exact) mass is 377 g/mol. The Bertz CT molecular complexity index is 712. The first-order chi connectivity index (χ1) is 12.2. The zero-order valence-corrected chi connectivity index (χ0v) is 16.2. The fourth-order valence-corrected chi connectivity index (χ4v) is 5.50. The van der Waals surface area contributed by atoms with Crippen LogP contribution < -0.4 is 10.1 Å². The number of thiophene rings is 1. The molecule has 25 heavy (non-hydrogen) atoms. The first kappa shape index (κ1) is 18.3. The topological polar surface area (TPSA) is 47.6 Å². The van der Waals surface area contributed by atoms with Gasteiger partial charge in [0, 0.05) is 23.2 Å². The van der Waals surface area contributed by atoms with Gasteiger partial charge in [-0.15, -0.1) is 23.1 Å². The van der Waals surface area contributed by atoms with E-state index in [1.165, 1.54) is 15.3 Å². The highest BCUT2D eigenvalue weighted by Gasteiger charge is 2.24. The van der Waals surface area contributed by atoms with Crippen LogP contribution in [0, 0.1) is 0 Å². The summed E-state index contributed by atoms with van der Waals surface area (Å²) in [7, 11) is 1.68. The average molecular weight is 378 g/mol. The number of carbonyl (C=O) groups is 1. The number of rotatable bonds is 7. The van der Waals surface area contributed by atoms with E-state index in [0.717, 1.165) is 29.3 Å². The Balaban J connectivity index is 1.64. The van der Waals surface area contributed by atoms with Crippen LogP contribution in [0.4, 0.5) is 0 Å². The summed E-state index contributed by atoms with van der Waals surface area (Å²) < 4.78 is 11.6. The van der Waals surface area contributed by atoms with Crippen LogP contribution in [0.25, 0.3) is 0 Å². The van der Waals surface area contributed by atoms with Gasteiger partial charge >= 0.3 is 5.97 Å². The quantitative estimate of drug-likeness (QED) is 0.733. The molecule has 0 spiro atoms. The van der Waals surface area contributed by atoms with Crippen LogP contribution >= 0.6 is 23.1 Å². The zero-order chi connectivity index (χ0) is 17.6. The molecular formula is C19H23NO3S2. The summed E-state index contributed by atoms with van der Waals surface area (Å²) in [5.41, 5.74) is 2.57. The van der Waals surface area contributed by atoms with Crippen LogP contribution in [0.1, 0.15) is 35.4 Å². The molecule has 0 saturated carbocycles. The second-order valence-corrected chi connectivity index (χ2v) is 8.36. The van der Waals surface area contributed by atoms with Gasteiger partial charge in [0.25, 0.3) is 0 Å². The molecule has 134 valence electrons. The Morgan fingerprint density at radius 1 is 1.32 bits per heavy atom. The number of nitrogens with one attached hydrogen (secondary N) is 1. The fraction of sp³-hybridized carbons (Fsp3) is 0.421. The Kier molecular flexibility index (Phi) is 6.39. The first-order valence-electron chi connectivity index (χ1n) is 8.47. The van der Waals surface area contributed by atoms with E-state index in [1.54, 1.807) is 18.4 Å².